The number of aryl methyl sites for hydroxylation is 1. The largest absolute Gasteiger partial charge is 0.360 e. The lowest BCUT2D eigenvalue weighted by atomic mass is 10.4. The van der Waals surface area contributed by atoms with Crippen LogP contribution >= 0.6 is 0 Å². The van der Waals surface area contributed by atoms with Crippen LogP contribution in [0.4, 0.5) is 5.82 Å². The van der Waals surface area contributed by atoms with E-state index in [2.05, 4.69) is 15.2 Å². The van der Waals surface area contributed by atoms with Crippen LogP contribution in [0.1, 0.15) is 26.0 Å². The molecule has 0 aliphatic carbocycles. The minimum Gasteiger partial charge on any atom is -0.360 e. The second-order valence-corrected chi connectivity index (χ2v) is 6.05. The summed E-state index contributed by atoms with van der Waals surface area (Å²) in [5.74, 6) is 0.877. The summed E-state index contributed by atoms with van der Waals surface area (Å²) < 4.78 is 30.4. The molecule has 0 aliphatic heterocycles. The number of rotatable bonds is 7. The van der Waals surface area contributed by atoms with E-state index < -0.39 is 10.0 Å². The van der Waals surface area contributed by atoms with Gasteiger partial charge in [-0.05, 0) is 19.9 Å². The molecule has 0 saturated carbocycles. The molecule has 0 saturated heterocycles. The van der Waals surface area contributed by atoms with Gasteiger partial charge in [0.2, 0.25) is 10.0 Å². The molecule has 98 valence electrons. The number of sulfonamides is 1. The fourth-order valence-corrected chi connectivity index (χ4v) is 2.32. The molecule has 0 amide bonds. The molecular weight excluding hydrogens is 242 g/mol. The normalized spacial score (nSPS) is 12.0. The second kappa shape index (κ2) is 6.02. The van der Waals surface area contributed by atoms with E-state index in [4.69, 9.17) is 4.52 Å². The van der Waals surface area contributed by atoms with E-state index in [1.165, 1.54) is 0 Å². The number of nitrogens with zero attached hydrogens (tertiary/aromatic N) is 1. The Hall–Kier alpha value is -1.08. The molecule has 0 atom stereocenters. The van der Waals surface area contributed by atoms with Crippen molar-refractivity contribution in [2.75, 3.05) is 17.0 Å². The van der Waals surface area contributed by atoms with Crippen molar-refractivity contribution < 1.29 is 12.9 Å². The molecule has 1 aromatic rings. The molecule has 1 aromatic heterocycles. The maximum absolute atomic E-state index is 11.6. The highest BCUT2D eigenvalue weighted by molar-refractivity contribution is 7.92. The fraction of sp³-hybridized carbons (Fsp3) is 0.700. The Balaban J connectivity index is 2.36. The zero-order valence-corrected chi connectivity index (χ0v) is 11.2. The van der Waals surface area contributed by atoms with Gasteiger partial charge >= 0.3 is 0 Å². The Morgan fingerprint density at radius 1 is 1.47 bits per heavy atom. The average Bonchev–Trinajstić information content (AvgIpc) is 2.57. The van der Waals surface area contributed by atoms with E-state index in [-0.39, 0.29) is 11.6 Å². The van der Waals surface area contributed by atoms with E-state index in [0.29, 0.717) is 24.8 Å². The van der Waals surface area contributed by atoms with Crippen molar-refractivity contribution in [1.29, 1.82) is 0 Å². The predicted molar refractivity (Wildman–Crippen MR) is 66.4 cm³/mol. The monoisotopic (exact) mass is 261 g/mol. The Bertz CT molecular complexity index is 439. The van der Waals surface area contributed by atoms with Gasteiger partial charge in [0.1, 0.15) is 5.76 Å². The van der Waals surface area contributed by atoms with Crippen LogP contribution in [0.3, 0.4) is 0 Å². The van der Waals surface area contributed by atoms with Crippen molar-refractivity contribution >= 4 is 15.8 Å². The third-order valence-electron chi connectivity index (χ3n) is 2.03. The summed E-state index contributed by atoms with van der Waals surface area (Å²) in [6, 6.07) is 1.91. The van der Waals surface area contributed by atoms with Crippen LogP contribution in [0.25, 0.3) is 0 Å². The van der Waals surface area contributed by atoms with Crippen molar-refractivity contribution in [1.82, 2.24) is 10.5 Å². The van der Waals surface area contributed by atoms with Gasteiger partial charge in [-0.15, -0.1) is 0 Å². The van der Waals surface area contributed by atoms with Crippen LogP contribution < -0.4 is 10.0 Å². The highest BCUT2D eigenvalue weighted by Gasteiger charge is 2.12. The van der Waals surface area contributed by atoms with Crippen LogP contribution in [0.15, 0.2) is 10.6 Å². The van der Waals surface area contributed by atoms with Gasteiger partial charge in [0, 0.05) is 12.1 Å². The Labute approximate surface area is 102 Å². The number of aromatic nitrogens is 1. The topological polar surface area (TPSA) is 84.2 Å². The molecule has 1 heterocycles. The average molecular weight is 261 g/mol. The quantitative estimate of drug-likeness (QED) is 0.718. The zero-order valence-electron chi connectivity index (χ0n) is 10.4. The minimum absolute atomic E-state index is 0.0681. The van der Waals surface area contributed by atoms with E-state index in [1.807, 2.05) is 13.8 Å². The fourth-order valence-electron chi connectivity index (χ4n) is 1.28. The summed E-state index contributed by atoms with van der Waals surface area (Å²) in [6.07, 6.45) is 0.560. The second-order valence-electron chi connectivity index (χ2n) is 4.21. The lowest BCUT2D eigenvalue weighted by molar-refractivity contribution is 0.400. The molecule has 6 nitrogen and oxygen atoms in total. The Kier molecular flexibility index (Phi) is 4.95. The molecule has 17 heavy (non-hydrogen) atoms. The van der Waals surface area contributed by atoms with Gasteiger partial charge in [0.15, 0.2) is 5.82 Å². The van der Waals surface area contributed by atoms with Crippen molar-refractivity contribution in [2.24, 2.45) is 0 Å². The van der Waals surface area contributed by atoms with E-state index in [9.17, 15) is 8.42 Å². The van der Waals surface area contributed by atoms with Crippen LogP contribution in [-0.4, -0.2) is 31.9 Å². The van der Waals surface area contributed by atoms with E-state index in [1.54, 1.807) is 13.0 Å². The number of hydrogen-bond acceptors (Lipinski definition) is 5. The van der Waals surface area contributed by atoms with Crippen LogP contribution in [0, 0.1) is 6.92 Å². The van der Waals surface area contributed by atoms with Gasteiger partial charge in [-0.1, -0.05) is 19.0 Å². The molecule has 0 aliphatic rings. The third kappa shape index (κ3) is 5.69. The van der Waals surface area contributed by atoms with Crippen LogP contribution in [0.2, 0.25) is 0 Å². The molecule has 0 unspecified atom stereocenters. The van der Waals surface area contributed by atoms with Gasteiger partial charge in [0.05, 0.1) is 5.75 Å². The SMILES string of the molecule is Cc1cc(NS(=O)(=O)CCCNC(C)C)no1. The van der Waals surface area contributed by atoms with Gasteiger partial charge in [0.25, 0.3) is 0 Å². The van der Waals surface area contributed by atoms with Crippen molar-refractivity contribution in [2.45, 2.75) is 33.2 Å². The number of nitrogens with one attached hydrogen (secondary N) is 2. The Morgan fingerprint density at radius 3 is 2.71 bits per heavy atom. The predicted octanol–water partition coefficient (Wildman–Crippen LogP) is 1.11. The lowest BCUT2D eigenvalue weighted by Gasteiger charge is -2.08. The summed E-state index contributed by atoms with van der Waals surface area (Å²) in [7, 11) is -3.33. The van der Waals surface area contributed by atoms with Gasteiger partial charge in [-0.25, -0.2) is 8.42 Å². The van der Waals surface area contributed by atoms with Gasteiger partial charge < -0.3 is 9.84 Å². The lowest BCUT2D eigenvalue weighted by Crippen LogP contribution is -2.26. The maximum atomic E-state index is 11.6. The van der Waals surface area contributed by atoms with Gasteiger partial charge in [-0.2, -0.15) is 0 Å². The summed E-state index contributed by atoms with van der Waals surface area (Å²) in [5.41, 5.74) is 0. The molecule has 1 rings (SSSR count). The summed E-state index contributed by atoms with van der Waals surface area (Å²) in [5, 5.41) is 6.74. The molecule has 0 aromatic carbocycles. The summed E-state index contributed by atoms with van der Waals surface area (Å²) in [4.78, 5) is 0. The van der Waals surface area contributed by atoms with Crippen LogP contribution in [0.5, 0.6) is 0 Å². The first kappa shape index (κ1) is 14.0. The third-order valence-corrected chi connectivity index (χ3v) is 3.38. The molecule has 2 N–H and O–H groups in total. The smallest absolute Gasteiger partial charge is 0.234 e. The summed E-state index contributed by atoms with van der Waals surface area (Å²) in [6.45, 7) is 6.42. The standard InChI is InChI=1S/C10H19N3O3S/c1-8(2)11-5-4-6-17(14,15)13-10-7-9(3)16-12-10/h7-8,11H,4-6H2,1-3H3,(H,12,13). The van der Waals surface area contributed by atoms with Crippen molar-refractivity contribution in [3.63, 3.8) is 0 Å². The number of anilines is 1. The van der Waals surface area contributed by atoms with Crippen LogP contribution in [-0.2, 0) is 10.0 Å². The molecular formula is C10H19N3O3S. The first-order valence-corrected chi connectivity index (χ1v) is 7.21. The molecule has 7 heteroatoms. The van der Waals surface area contributed by atoms with Crippen molar-refractivity contribution in [3.05, 3.63) is 11.8 Å². The Morgan fingerprint density at radius 2 is 2.18 bits per heavy atom. The molecule has 0 spiro atoms. The van der Waals surface area contributed by atoms with E-state index >= 15 is 0 Å². The minimum atomic E-state index is -3.33. The molecule has 0 fully saturated rings. The van der Waals surface area contributed by atoms with Gasteiger partial charge in [-0.3, -0.25) is 4.72 Å². The highest BCUT2D eigenvalue weighted by Crippen LogP contribution is 2.09. The first-order chi connectivity index (χ1) is 7.89. The number of hydrogen-bond donors (Lipinski definition) is 2. The van der Waals surface area contributed by atoms with E-state index in [0.717, 1.165) is 0 Å². The molecule has 0 radical (unpaired) electrons. The maximum Gasteiger partial charge on any atom is 0.234 e. The van der Waals surface area contributed by atoms with Crippen molar-refractivity contribution in [3.8, 4) is 0 Å². The zero-order chi connectivity index (χ0) is 12.9. The highest BCUT2D eigenvalue weighted by atomic mass is 32.2. The summed E-state index contributed by atoms with van der Waals surface area (Å²) >= 11 is 0. The first-order valence-electron chi connectivity index (χ1n) is 5.56. The molecule has 0 bridgehead atoms.